The Morgan fingerprint density at radius 1 is 1.26 bits per heavy atom. The molecule has 2 aromatic rings. The Kier molecular flexibility index (Phi) is 3.40. The minimum absolute atomic E-state index is 0.739. The molecule has 0 spiro atoms. The van der Waals surface area contributed by atoms with Gasteiger partial charge in [0.15, 0.2) is 5.82 Å². The molecule has 2 heterocycles. The number of hydrogen-bond acceptors (Lipinski definition) is 4. The largest absolute Gasteiger partial charge is 0.337 e. The van der Waals surface area contributed by atoms with E-state index in [0.717, 1.165) is 54.1 Å². The molecule has 0 radical (unpaired) electrons. The lowest BCUT2D eigenvalue weighted by molar-refractivity contribution is 0.580. The third-order valence-corrected chi connectivity index (χ3v) is 3.55. The van der Waals surface area contributed by atoms with Crippen molar-refractivity contribution >= 4 is 17.5 Å². The van der Waals surface area contributed by atoms with Gasteiger partial charge >= 0.3 is 0 Å². The number of aryl methyl sites for hydroxylation is 1. The zero-order valence-electron chi connectivity index (χ0n) is 10.8. The summed E-state index contributed by atoms with van der Waals surface area (Å²) >= 11 is 5.97. The lowest BCUT2D eigenvalue weighted by atomic mass is 10.1. The van der Waals surface area contributed by atoms with E-state index < -0.39 is 0 Å². The predicted molar refractivity (Wildman–Crippen MR) is 76.6 cm³/mol. The molecule has 0 amide bonds. The SMILES string of the molecule is Cc1cc(Cl)ccc1-c1nc(N2CCNCC2)n[nH]1. The van der Waals surface area contributed by atoms with E-state index in [1.54, 1.807) is 0 Å². The van der Waals surface area contributed by atoms with Gasteiger partial charge in [0.1, 0.15) is 0 Å². The Balaban J connectivity index is 1.87. The molecule has 0 aliphatic carbocycles. The summed E-state index contributed by atoms with van der Waals surface area (Å²) < 4.78 is 0. The Hall–Kier alpha value is -1.59. The number of nitrogens with one attached hydrogen (secondary N) is 2. The van der Waals surface area contributed by atoms with Gasteiger partial charge in [-0.15, -0.1) is 5.10 Å². The summed E-state index contributed by atoms with van der Waals surface area (Å²) in [5.74, 6) is 1.56. The van der Waals surface area contributed by atoms with E-state index in [-0.39, 0.29) is 0 Å². The lowest BCUT2D eigenvalue weighted by Crippen LogP contribution is -2.44. The van der Waals surface area contributed by atoms with Crippen LogP contribution < -0.4 is 10.2 Å². The van der Waals surface area contributed by atoms with Crippen molar-refractivity contribution in [2.24, 2.45) is 0 Å². The second kappa shape index (κ2) is 5.19. The van der Waals surface area contributed by atoms with Crippen LogP contribution in [0.25, 0.3) is 11.4 Å². The van der Waals surface area contributed by atoms with Crippen molar-refractivity contribution in [1.29, 1.82) is 0 Å². The number of nitrogens with zero attached hydrogens (tertiary/aromatic N) is 3. The summed E-state index contributed by atoms with van der Waals surface area (Å²) in [7, 11) is 0. The van der Waals surface area contributed by atoms with Crippen LogP contribution in [0.5, 0.6) is 0 Å². The molecule has 100 valence electrons. The van der Waals surface area contributed by atoms with Crippen LogP contribution in [0.2, 0.25) is 5.02 Å². The molecule has 0 unspecified atom stereocenters. The van der Waals surface area contributed by atoms with Crippen molar-refractivity contribution in [1.82, 2.24) is 20.5 Å². The minimum Gasteiger partial charge on any atom is -0.337 e. The minimum atomic E-state index is 0.739. The molecule has 1 aromatic carbocycles. The summed E-state index contributed by atoms with van der Waals surface area (Å²) in [6, 6.07) is 5.78. The standard InChI is InChI=1S/C13H16ClN5/c1-9-8-10(14)2-3-11(9)12-16-13(18-17-12)19-6-4-15-5-7-19/h2-3,8,15H,4-7H2,1H3,(H,16,17,18). The van der Waals surface area contributed by atoms with Gasteiger partial charge in [-0.25, -0.2) is 0 Å². The van der Waals surface area contributed by atoms with Gasteiger partial charge in [-0.3, -0.25) is 5.10 Å². The van der Waals surface area contributed by atoms with Crippen LogP contribution in [0.15, 0.2) is 18.2 Å². The maximum Gasteiger partial charge on any atom is 0.245 e. The first-order valence-corrected chi connectivity index (χ1v) is 6.76. The van der Waals surface area contributed by atoms with Crippen LogP contribution in [0.3, 0.4) is 0 Å². The second-order valence-corrected chi connectivity index (χ2v) is 5.12. The fourth-order valence-electron chi connectivity index (χ4n) is 2.27. The van der Waals surface area contributed by atoms with Crippen molar-refractivity contribution in [2.75, 3.05) is 31.1 Å². The first-order chi connectivity index (χ1) is 9.24. The van der Waals surface area contributed by atoms with Gasteiger partial charge in [-0.1, -0.05) is 11.6 Å². The number of aromatic nitrogens is 3. The van der Waals surface area contributed by atoms with Crippen LogP contribution in [-0.4, -0.2) is 41.4 Å². The number of anilines is 1. The smallest absolute Gasteiger partial charge is 0.245 e. The normalized spacial score (nSPS) is 15.8. The molecule has 1 fully saturated rings. The number of benzene rings is 1. The van der Waals surface area contributed by atoms with Crippen molar-refractivity contribution in [3.05, 3.63) is 28.8 Å². The Labute approximate surface area is 117 Å². The van der Waals surface area contributed by atoms with Crippen molar-refractivity contribution in [2.45, 2.75) is 6.92 Å². The van der Waals surface area contributed by atoms with Gasteiger partial charge in [0, 0.05) is 36.8 Å². The molecule has 1 aliphatic heterocycles. The van der Waals surface area contributed by atoms with Gasteiger partial charge in [-0.05, 0) is 30.7 Å². The molecular weight excluding hydrogens is 262 g/mol. The average molecular weight is 278 g/mol. The Morgan fingerprint density at radius 3 is 2.79 bits per heavy atom. The van der Waals surface area contributed by atoms with E-state index in [2.05, 4.69) is 25.4 Å². The molecule has 19 heavy (non-hydrogen) atoms. The molecule has 0 saturated carbocycles. The number of rotatable bonds is 2. The molecule has 2 N–H and O–H groups in total. The highest BCUT2D eigenvalue weighted by Gasteiger charge is 2.16. The average Bonchev–Trinajstić information content (AvgIpc) is 2.89. The highest BCUT2D eigenvalue weighted by atomic mass is 35.5. The van der Waals surface area contributed by atoms with E-state index in [1.807, 2.05) is 25.1 Å². The van der Waals surface area contributed by atoms with Gasteiger partial charge in [0.05, 0.1) is 0 Å². The number of H-pyrrole nitrogens is 1. The summed E-state index contributed by atoms with van der Waals surface area (Å²) in [4.78, 5) is 6.77. The monoisotopic (exact) mass is 277 g/mol. The highest BCUT2D eigenvalue weighted by Crippen LogP contribution is 2.24. The summed E-state index contributed by atoms with van der Waals surface area (Å²) in [5, 5.41) is 11.4. The van der Waals surface area contributed by atoms with Gasteiger partial charge in [-0.2, -0.15) is 4.98 Å². The quantitative estimate of drug-likeness (QED) is 0.880. The zero-order chi connectivity index (χ0) is 13.2. The molecule has 0 bridgehead atoms. The third kappa shape index (κ3) is 2.57. The summed E-state index contributed by atoms with van der Waals surface area (Å²) in [6.07, 6.45) is 0. The maximum atomic E-state index is 5.97. The van der Waals surface area contributed by atoms with E-state index in [0.29, 0.717) is 0 Å². The number of piperazine rings is 1. The number of aromatic amines is 1. The Bertz CT molecular complexity index is 574. The molecule has 5 nitrogen and oxygen atoms in total. The van der Waals surface area contributed by atoms with Crippen molar-refractivity contribution in [3.63, 3.8) is 0 Å². The fourth-order valence-corrected chi connectivity index (χ4v) is 2.50. The van der Waals surface area contributed by atoms with Crippen molar-refractivity contribution in [3.8, 4) is 11.4 Å². The van der Waals surface area contributed by atoms with E-state index in [4.69, 9.17) is 11.6 Å². The number of hydrogen-bond donors (Lipinski definition) is 2. The molecule has 3 rings (SSSR count). The molecule has 6 heteroatoms. The van der Waals surface area contributed by atoms with Crippen LogP contribution in [-0.2, 0) is 0 Å². The first-order valence-electron chi connectivity index (χ1n) is 6.38. The molecular formula is C13H16ClN5. The Morgan fingerprint density at radius 2 is 2.05 bits per heavy atom. The molecule has 1 aliphatic rings. The van der Waals surface area contributed by atoms with Gasteiger partial charge in [0.25, 0.3) is 0 Å². The topological polar surface area (TPSA) is 56.8 Å². The number of halogens is 1. The fraction of sp³-hybridized carbons (Fsp3) is 0.385. The van der Waals surface area contributed by atoms with Gasteiger partial charge < -0.3 is 10.2 Å². The molecule has 0 atom stereocenters. The second-order valence-electron chi connectivity index (χ2n) is 4.68. The van der Waals surface area contributed by atoms with Crippen LogP contribution in [0, 0.1) is 6.92 Å². The summed E-state index contributed by atoms with van der Waals surface area (Å²) in [5.41, 5.74) is 2.13. The van der Waals surface area contributed by atoms with Crippen LogP contribution >= 0.6 is 11.6 Å². The van der Waals surface area contributed by atoms with Crippen LogP contribution in [0.4, 0.5) is 5.95 Å². The third-order valence-electron chi connectivity index (χ3n) is 3.32. The summed E-state index contributed by atoms with van der Waals surface area (Å²) in [6.45, 7) is 5.86. The lowest BCUT2D eigenvalue weighted by Gasteiger charge is -2.25. The predicted octanol–water partition coefficient (Wildman–Crippen LogP) is 1.84. The van der Waals surface area contributed by atoms with Crippen molar-refractivity contribution < 1.29 is 0 Å². The maximum absolute atomic E-state index is 5.97. The van der Waals surface area contributed by atoms with E-state index >= 15 is 0 Å². The molecule has 1 aromatic heterocycles. The first kappa shape index (κ1) is 12.4. The zero-order valence-corrected chi connectivity index (χ0v) is 11.5. The highest BCUT2D eigenvalue weighted by molar-refractivity contribution is 6.30. The van der Waals surface area contributed by atoms with E-state index in [1.165, 1.54) is 0 Å². The van der Waals surface area contributed by atoms with Gasteiger partial charge in [0.2, 0.25) is 5.95 Å². The van der Waals surface area contributed by atoms with Crippen LogP contribution in [0.1, 0.15) is 5.56 Å². The molecule has 1 saturated heterocycles. The van der Waals surface area contributed by atoms with E-state index in [9.17, 15) is 0 Å².